The maximum Gasteiger partial charge on any atom is 0.328 e. The van der Waals surface area contributed by atoms with Gasteiger partial charge in [-0.3, -0.25) is 0 Å². The van der Waals surface area contributed by atoms with E-state index in [2.05, 4.69) is 5.32 Å². The van der Waals surface area contributed by atoms with Crippen molar-refractivity contribution in [2.24, 2.45) is 5.92 Å². The van der Waals surface area contributed by atoms with E-state index >= 15 is 0 Å². The summed E-state index contributed by atoms with van der Waals surface area (Å²) in [6.07, 6.45) is 0. The number of anilines is 1. The lowest BCUT2D eigenvalue weighted by atomic mass is 10.0. The van der Waals surface area contributed by atoms with Gasteiger partial charge in [0.05, 0.1) is 6.61 Å². The number of aryl methyl sites for hydroxylation is 1. The second-order valence-electron chi connectivity index (χ2n) is 4.64. The summed E-state index contributed by atoms with van der Waals surface area (Å²) in [4.78, 5) is 11.8. The Morgan fingerprint density at radius 1 is 1.39 bits per heavy atom. The summed E-state index contributed by atoms with van der Waals surface area (Å²) in [5.74, 6) is -0.564. The molecule has 18 heavy (non-hydrogen) atoms. The lowest BCUT2D eigenvalue weighted by Gasteiger charge is -2.21. The van der Waals surface area contributed by atoms with Gasteiger partial charge in [-0.1, -0.05) is 13.8 Å². The van der Waals surface area contributed by atoms with Crippen LogP contribution in [0.1, 0.15) is 26.3 Å². The van der Waals surface area contributed by atoms with E-state index in [0.29, 0.717) is 12.3 Å². The van der Waals surface area contributed by atoms with Crippen LogP contribution in [0, 0.1) is 18.7 Å². The predicted octanol–water partition coefficient (Wildman–Crippen LogP) is 3.13. The first-order valence-electron chi connectivity index (χ1n) is 6.14. The fourth-order valence-electron chi connectivity index (χ4n) is 1.73. The summed E-state index contributed by atoms with van der Waals surface area (Å²) in [5.41, 5.74) is 1.41. The molecule has 0 aromatic heterocycles. The minimum absolute atomic E-state index is 0.0626. The Labute approximate surface area is 107 Å². The monoisotopic (exact) mass is 253 g/mol. The Balaban J connectivity index is 2.86. The highest BCUT2D eigenvalue weighted by molar-refractivity contribution is 5.79. The molecule has 1 atom stereocenters. The van der Waals surface area contributed by atoms with E-state index in [1.165, 1.54) is 12.1 Å². The SMILES string of the molecule is CCOC(=O)C(Nc1cc(C)cc(F)c1)C(C)C. The Morgan fingerprint density at radius 2 is 2.06 bits per heavy atom. The molecule has 0 fully saturated rings. The van der Waals surface area contributed by atoms with Gasteiger partial charge in [-0.05, 0) is 43.5 Å². The minimum Gasteiger partial charge on any atom is -0.464 e. The normalized spacial score (nSPS) is 12.3. The van der Waals surface area contributed by atoms with Crippen LogP contribution in [0.3, 0.4) is 0 Å². The van der Waals surface area contributed by atoms with E-state index in [-0.39, 0.29) is 17.7 Å². The van der Waals surface area contributed by atoms with Crippen LogP contribution in [0.4, 0.5) is 10.1 Å². The van der Waals surface area contributed by atoms with Gasteiger partial charge in [-0.15, -0.1) is 0 Å². The van der Waals surface area contributed by atoms with Gasteiger partial charge >= 0.3 is 5.97 Å². The quantitative estimate of drug-likeness (QED) is 0.819. The maximum atomic E-state index is 13.3. The van der Waals surface area contributed by atoms with Gasteiger partial charge in [0.1, 0.15) is 11.9 Å². The molecule has 0 radical (unpaired) electrons. The fourth-order valence-corrected chi connectivity index (χ4v) is 1.73. The highest BCUT2D eigenvalue weighted by Gasteiger charge is 2.23. The Morgan fingerprint density at radius 3 is 2.56 bits per heavy atom. The van der Waals surface area contributed by atoms with Gasteiger partial charge in [-0.2, -0.15) is 0 Å². The van der Waals surface area contributed by atoms with Crippen LogP contribution in [0.5, 0.6) is 0 Å². The number of rotatable bonds is 5. The molecule has 0 amide bonds. The van der Waals surface area contributed by atoms with Crippen molar-refractivity contribution in [2.45, 2.75) is 33.7 Å². The Hall–Kier alpha value is -1.58. The van der Waals surface area contributed by atoms with E-state index in [9.17, 15) is 9.18 Å². The second-order valence-corrected chi connectivity index (χ2v) is 4.64. The van der Waals surface area contributed by atoms with Gasteiger partial charge in [0, 0.05) is 5.69 Å². The van der Waals surface area contributed by atoms with Crippen molar-refractivity contribution in [3.05, 3.63) is 29.6 Å². The Bertz CT molecular complexity index is 398. The van der Waals surface area contributed by atoms with Crippen LogP contribution in [0.25, 0.3) is 0 Å². The van der Waals surface area contributed by atoms with Gasteiger partial charge < -0.3 is 10.1 Å². The van der Waals surface area contributed by atoms with E-state index in [1.54, 1.807) is 13.0 Å². The average Bonchev–Trinajstić information content (AvgIpc) is 2.24. The van der Waals surface area contributed by atoms with Gasteiger partial charge in [0.15, 0.2) is 0 Å². The van der Waals surface area contributed by atoms with Crippen molar-refractivity contribution in [1.82, 2.24) is 0 Å². The lowest BCUT2D eigenvalue weighted by molar-refractivity contribution is -0.145. The first-order chi connectivity index (χ1) is 8.43. The number of ether oxygens (including phenoxy) is 1. The van der Waals surface area contributed by atoms with Crippen molar-refractivity contribution in [3.8, 4) is 0 Å². The van der Waals surface area contributed by atoms with Crippen molar-refractivity contribution in [1.29, 1.82) is 0 Å². The van der Waals surface area contributed by atoms with Crippen LogP contribution in [-0.4, -0.2) is 18.6 Å². The van der Waals surface area contributed by atoms with E-state index in [1.807, 2.05) is 20.8 Å². The summed E-state index contributed by atoms with van der Waals surface area (Å²) < 4.78 is 18.3. The molecule has 0 heterocycles. The molecule has 0 aliphatic carbocycles. The topological polar surface area (TPSA) is 38.3 Å². The van der Waals surface area contributed by atoms with E-state index < -0.39 is 6.04 Å². The second kappa shape index (κ2) is 6.38. The average molecular weight is 253 g/mol. The highest BCUT2D eigenvalue weighted by atomic mass is 19.1. The van der Waals surface area contributed by atoms with Crippen molar-refractivity contribution >= 4 is 11.7 Å². The number of hydrogen-bond acceptors (Lipinski definition) is 3. The molecule has 4 heteroatoms. The van der Waals surface area contributed by atoms with E-state index in [4.69, 9.17) is 4.74 Å². The summed E-state index contributed by atoms with van der Waals surface area (Å²) in [5, 5.41) is 3.03. The van der Waals surface area contributed by atoms with Crippen LogP contribution in [0.15, 0.2) is 18.2 Å². The van der Waals surface area contributed by atoms with Crippen molar-refractivity contribution in [2.75, 3.05) is 11.9 Å². The van der Waals surface area contributed by atoms with Crippen LogP contribution in [-0.2, 0) is 9.53 Å². The molecule has 1 aromatic carbocycles. The van der Waals surface area contributed by atoms with Crippen LogP contribution in [0.2, 0.25) is 0 Å². The molecule has 1 N–H and O–H groups in total. The number of esters is 1. The number of carbonyl (C=O) groups is 1. The summed E-state index contributed by atoms with van der Waals surface area (Å²) in [6.45, 7) is 7.75. The highest BCUT2D eigenvalue weighted by Crippen LogP contribution is 2.17. The van der Waals surface area contributed by atoms with E-state index in [0.717, 1.165) is 5.56 Å². The lowest BCUT2D eigenvalue weighted by Crippen LogP contribution is -2.36. The zero-order valence-electron chi connectivity index (χ0n) is 11.3. The van der Waals surface area contributed by atoms with Gasteiger partial charge in [-0.25, -0.2) is 9.18 Å². The summed E-state index contributed by atoms with van der Waals surface area (Å²) in [6, 6.07) is 4.16. The van der Waals surface area contributed by atoms with Crippen molar-refractivity contribution < 1.29 is 13.9 Å². The molecule has 0 saturated heterocycles. The molecular formula is C14H20FNO2. The van der Waals surface area contributed by atoms with Gasteiger partial charge in [0.2, 0.25) is 0 Å². The molecule has 0 bridgehead atoms. The number of benzene rings is 1. The zero-order chi connectivity index (χ0) is 13.7. The molecule has 1 unspecified atom stereocenters. The van der Waals surface area contributed by atoms with Crippen molar-refractivity contribution in [3.63, 3.8) is 0 Å². The maximum absolute atomic E-state index is 13.3. The third-order valence-corrected chi connectivity index (χ3v) is 2.57. The van der Waals surface area contributed by atoms with Crippen LogP contribution >= 0.6 is 0 Å². The first kappa shape index (κ1) is 14.5. The third kappa shape index (κ3) is 4.02. The summed E-state index contributed by atoms with van der Waals surface area (Å²) in [7, 11) is 0. The Kier molecular flexibility index (Phi) is 5.13. The number of hydrogen-bond donors (Lipinski definition) is 1. The molecule has 3 nitrogen and oxygen atoms in total. The molecule has 0 saturated carbocycles. The zero-order valence-corrected chi connectivity index (χ0v) is 11.3. The first-order valence-corrected chi connectivity index (χ1v) is 6.14. The minimum atomic E-state index is -0.467. The standard InChI is InChI=1S/C14H20FNO2/c1-5-18-14(17)13(9(2)3)16-12-7-10(4)6-11(15)8-12/h6-9,13,16H,5H2,1-4H3. The molecule has 100 valence electrons. The van der Waals surface area contributed by atoms with Gasteiger partial charge in [0.25, 0.3) is 0 Å². The largest absolute Gasteiger partial charge is 0.464 e. The summed E-state index contributed by atoms with van der Waals surface area (Å²) >= 11 is 0. The smallest absolute Gasteiger partial charge is 0.328 e. The van der Waals surface area contributed by atoms with Crippen LogP contribution < -0.4 is 5.32 Å². The number of nitrogens with one attached hydrogen (secondary N) is 1. The molecular weight excluding hydrogens is 233 g/mol. The molecule has 0 aliphatic heterocycles. The predicted molar refractivity (Wildman–Crippen MR) is 70.0 cm³/mol. The molecule has 1 aromatic rings. The fraction of sp³-hybridized carbons (Fsp3) is 0.500. The third-order valence-electron chi connectivity index (χ3n) is 2.57. The molecule has 1 rings (SSSR count). The molecule has 0 spiro atoms. The number of halogens is 1. The number of carbonyl (C=O) groups excluding carboxylic acids is 1. The molecule has 0 aliphatic rings.